The van der Waals surface area contributed by atoms with E-state index in [0.29, 0.717) is 0 Å². The lowest BCUT2D eigenvalue weighted by molar-refractivity contribution is -0.138. The quantitative estimate of drug-likeness (QED) is 0.639. The minimum Gasteiger partial charge on any atom is -0.481 e. The molecule has 86 valence electrons. The monoisotopic (exact) mass is 214 g/mol. The van der Waals surface area contributed by atoms with Crippen LogP contribution in [0.25, 0.3) is 0 Å². The van der Waals surface area contributed by atoms with Crippen LogP contribution in [0.1, 0.15) is 6.42 Å². The van der Waals surface area contributed by atoms with E-state index in [1.165, 1.54) is 0 Å². The summed E-state index contributed by atoms with van der Waals surface area (Å²) in [6, 6.07) is 0.212. The molecule has 0 bridgehead atoms. The fraction of sp³-hybridized carbons (Fsp3) is 0.900. The molecule has 5 heteroatoms. The van der Waals surface area contributed by atoms with Crippen LogP contribution in [0.4, 0.5) is 0 Å². The lowest BCUT2D eigenvalue weighted by Gasteiger charge is -2.26. The summed E-state index contributed by atoms with van der Waals surface area (Å²) in [5.74, 6) is -0.812. The third kappa shape index (κ3) is 3.15. The van der Waals surface area contributed by atoms with Gasteiger partial charge in [0, 0.05) is 32.2 Å². The minimum atomic E-state index is -0.668. The summed E-state index contributed by atoms with van der Waals surface area (Å²) in [5, 5.41) is 12.0. The minimum absolute atomic E-state index is 0.144. The number of nitrogens with one attached hydrogen (secondary N) is 1. The molecule has 2 atom stereocenters. The second kappa shape index (κ2) is 4.92. The molecule has 1 saturated heterocycles. The molecule has 5 nitrogen and oxygen atoms in total. The van der Waals surface area contributed by atoms with E-state index in [9.17, 15) is 4.79 Å². The van der Waals surface area contributed by atoms with Crippen molar-refractivity contribution in [2.24, 2.45) is 5.92 Å². The van der Waals surface area contributed by atoms with Gasteiger partial charge in [0.05, 0.1) is 19.1 Å². The first-order chi connectivity index (χ1) is 7.27. The van der Waals surface area contributed by atoms with Crippen LogP contribution in [-0.2, 0) is 9.53 Å². The summed E-state index contributed by atoms with van der Waals surface area (Å²) in [7, 11) is 0. The number of aliphatic carboxylic acids is 1. The summed E-state index contributed by atoms with van der Waals surface area (Å²) >= 11 is 0. The van der Waals surface area contributed by atoms with Crippen molar-refractivity contribution in [2.75, 3.05) is 39.4 Å². The highest BCUT2D eigenvalue weighted by Gasteiger charge is 2.42. The molecule has 0 aromatic carbocycles. The second-order valence-corrected chi connectivity index (χ2v) is 4.20. The molecule has 2 fully saturated rings. The Kier molecular flexibility index (Phi) is 3.56. The smallest absolute Gasteiger partial charge is 0.308 e. The molecule has 0 amide bonds. The summed E-state index contributed by atoms with van der Waals surface area (Å²) in [4.78, 5) is 12.9. The number of ether oxygens (including phenoxy) is 1. The third-order valence-electron chi connectivity index (χ3n) is 3.05. The van der Waals surface area contributed by atoms with E-state index in [1.54, 1.807) is 0 Å². The molecule has 2 N–H and O–H groups in total. The lowest BCUT2D eigenvalue weighted by Crippen LogP contribution is -2.40. The van der Waals surface area contributed by atoms with Crippen molar-refractivity contribution in [1.29, 1.82) is 0 Å². The number of nitrogens with zero attached hydrogens (tertiary/aromatic N) is 1. The van der Waals surface area contributed by atoms with Crippen molar-refractivity contribution in [3.05, 3.63) is 0 Å². The Labute approximate surface area is 89.4 Å². The van der Waals surface area contributed by atoms with Gasteiger partial charge in [-0.3, -0.25) is 9.69 Å². The van der Waals surface area contributed by atoms with Gasteiger partial charge in [-0.05, 0) is 6.42 Å². The van der Waals surface area contributed by atoms with Crippen LogP contribution in [0.2, 0.25) is 0 Å². The summed E-state index contributed by atoms with van der Waals surface area (Å²) in [6.07, 6.45) is 0.790. The van der Waals surface area contributed by atoms with Crippen molar-refractivity contribution >= 4 is 5.97 Å². The van der Waals surface area contributed by atoms with Crippen molar-refractivity contribution in [3.8, 4) is 0 Å². The molecule has 0 radical (unpaired) electrons. The first-order valence-electron chi connectivity index (χ1n) is 5.53. The van der Waals surface area contributed by atoms with Crippen molar-refractivity contribution in [2.45, 2.75) is 12.5 Å². The van der Waals surface area contributed by atoms with E-state index in [1.807, 2.05) is 0 Å². The van der Waals surface area contributed by atoms with Gasteiger partial charge in [-0.25, -0.2) is 0 Å². The average Bonchev–Trinajstić information content (AvgIpc) is 2.99. The Morgan fingerprint density at radius 1 is 1.47 bits per heavy atom. The highest BCUT2D eigenvalue weighted by Crippen LogP contribution is 2.29. The van der Waals surface area contributed by atoms with Gasteiger partial charge in [0.25, 0.3) is 0 Å². The summed E-state index contributed by atoms with van der Waals surface area (Å²) < 4.78 is 5.25. The molecule has 0 aromatic heterocycles. The number of morpholine rings is 1. The fourth-order valence-electron chi connectivity index (χ4n) is 1.93. The molecule has 2 unspecified atom stereocenters. The molecular formula is C10H18N2O3. The average molecular weight is 214 g/mol. The van der Waals surface area contributed by atoms with E-state index < -0.39 is 5.97 Å². The molecule has 1 aliphatic carbocycles. The molecule has 1 heterocycles. The van der Waals surface area contributed by atoms with Crippen LogP contribution in [0, 0.1) is 5.92 Å². The van der Waals surface area contributed by atoms with Gasteiger partial charge in [-0.1, -0.05) is 0 Å². The zero-order chi connectivity index (χ0) is 10.7. The standard InChI is InChI=1S/C10H18N2O3/c13-10(14)8-7-9(8)11-1-2-12-3-5-15-6-4-12/h8-9,11H,1-7H2,(H,13,14). The number of hydrogen-bond acceptors (Lipinski definition) is 4. The number of carboxylic acid groups (broad SMARTS) is 1. The van der Waals surface area contributed by atoms with Gasteiger partial charge in [0.2, 0.25) is 0 Å². The highest BCUT2D eigenvalue weighted by molar-refractivity contribution is 5.74. The maximum absolute atomic E-state index is 10.6. The van der Waals surface area contributed by atoms with E-state index in [0.717, 1.165) is 45.8 Å². The van der Waals surface area contributed by atoms with E-state index in [4.69, 9.17) is 9.84 Å². The molecule has 2 aliphatic rings. The van der Waals surface area contributed by atoms with Gasteiger partial charge < -0.3 is 15.2 Å². The van der Waals surface area contributed by atoms with Gasteiger partial charge in [-0.15, -0.1) is 0 Å². The van der Waals surface area contributed by atoms with E-state index in [2.05, 4.69) is 10.2 Å². The van der Waals surface area contributed by atoms with Crippen molar-refractivity contribution in [3.63, 3.8) is 0 Å². The Hall–Kier alpha value is -0.650. The number of carbonyl (C=O) groups is 1. The normalized spacial score (nSPS) is 31.5. The third-order valence-corrected chi connectivity index (χ3v) is 3.05. The van der Waals surface area contributed by atoms with E-state index in [-0.39, 0.29) is 12.0 Å². The molecular weight excluding hydrogens is 196 g/mol. The molecule has 2 rings (SSSR count). The Morgan fingerprint density at radius 2 is 2.20 bits per heavy atom. The van der Waals surface area contributed by atoms with E-state index >= 15 is 0 Å². The Balaban J connectivity index is 1.54. The topological polar surface area (TPSA) is 61.8 Å². The zero-order valence-corrected chi connectivity index (χ0v) is 8.82. The van der Waals surface area contributed by atoms with Crippen molar-refractivity contribution < 1.29 is 14.6 Å². The van der Waals surface area contributed by atoms with Gasteiger partial charge in [0.1, 0.15) is 0 Å². The second-order valence-electron chi connectivity index (χ2n) is 4.20. The predicted octanol–water partition coefficient (Wildman–Crippen LogP) is -0.619. The number of hydrogen-bond donors (Lipinski definition) is 2. The molecule has 1 saturated carbocycles. The maximum atomic E-state index is 10.6. The molecule has 15 heavy (non-hydrogen) atoms. The molecule has 1 aliphatic heterocycles. The zero-order valence-electron chi connectivity index (χ0n) is 8.82. The van der Waals surface area contributed by atoms with Crippen LogP contribution in [-0.4, -0.2) is 61.4 Å². The number of rotatable bonds is 5. The highest BCUT2D eigenvalue weighted by atomic mass is 16.5. The summed E-state index contributed by atoms with van der Waals surface area (Å²) in [6.45, 7) is 5.51. The fourth-order valence-corrected chi connectivity index (χ4v) is 1.93. The first-order valence-corrected chi connectivity index (χ1v) is 5.53. The SMILES string of the molecule is O=C(O)C1CC1NCCN1CCOCC1. The first kappa shape index (κ1) is 10.9. The van der Waals surface area contributed by atoms with Crippen LogP contribution >= 0.6 is 0 Å². The van der Waals surface area contributed by atoms with Crippen LogP contribution in [0.3, 0.4) is 0 Å². The van der Waals surface area contributed by atoms with Crippen LogP contribution in [0.15, 0.2) is 0 Å². The van der Waals surface area contributed by atoms with Crippen LogP contribution in [0.5, 0.6) is 0 Å². The van der Waals surface area contributed by atoms with Crippen LogP contribution < -0.4 is 5.32 Å². The number of carboxylic acids is 1. The largest absolute Gasteiger partial charge is 0.481 e. The molecule has 0 aromatic rings. The molecule has 0 spiro atoms. The maximum Gasteiger partial charge on any atom is 0.308 e. The van der Waals surface area contributed by atoms with Gasteiger partial charge in [-0.2, -0.15) is 0 Å². The Bertz CT molecular complexity index is 229. The van der Waals surface area contributed by atoms with Gasteiger partial charge >= 0.3 is 5.97 Å². The lowest BCUT2D eigenvalue weighted by atomic mass is 10.4. The predicted molar refractivity (Wildman–Crippen MR) is 54.8 cm³/mol. The Morgan fingerprint density at radius 3 is 2.80 bits per heavy atom. The summed E-state index contributed by atoms with van der Waals surface area (Å²) in [5.41, 5.74) is 0. The van der Waals surface area contributed by atoms with Crippen molar-refractivity contribution in [1.82, 2.24) is 10.2 Å². The van der Waals surface area contributed by atoms with Gasteiger partial charge in [0.15, 0.2) is 0 Å².